The molecule has 1 heteroatoms. The van der Waals surface area contributed by atoms with Crippen LogP contribution >= 0.6 is 0 Å². The van der Waals surface area contributed by atoms with Gasteiger partial charge in [-0.05, 0) is 50.2 Å². The van der Waals surface area contributed by atoms with E-state index in [-0.39, 0.29) is 0 Å². The molecule has 2 aromatic carbocycles. The number of hydrogen-bond donors (Lipinski definition) is 0. The topological polar surface area (TPSA) is 3.24 Å². The van der Waals surface area contributed by atoms with Crippen molar-refractivity contribution in [1.82, 2.24) is 4.90 Å². The van der Waals surface area contributed by atoms with Gasteiger partial charge in [-0.3, -0.25) is 4.90 Å². The fourth-order valence-electron chi connectivity index (χ4n) is 2.15. The van der Waals surface area contributed by atoms with Crippen molar-refractivity contribution in [2.75, 3.05) is 7.05 Å². The maximum absolute atomic E-state index is 2.39. The summed E-state index contributed by atoms with van der Waals surface area (Å²) in [6.07, 6.45) is 0. The van der Waals surface area contributed by atoms with Gasteiger partial charge in [0.15, 0.2) is 0 Å². The molecule has 0 heterocycles. The van der Waals surface area contributed by atoms with Gasteiger partial charge in [-0.15, -0.1) is 0 Å². The van der Waals surface area contributed by atoms with Crippen molar-refractivity contribution in [3.8, 4) is 0 Å². The van der Waals surface area contributed by atoms with Crippen molar-refractivity contribution in [1.29, 1.82) is 0 Å². The Morgan fingerprint density at radius 1 is 0.882 bits per heavy atom. The number of rotatable bonds is 3. The predicted molar refractivity (Wildman–Crippen MR) is 75.3 cm³/mol. The highest BCUT2D eigenvalue weighted by Crippen LogP contribution is 2.24. The standard InChI is InChI=1S/C16H21N/c1-12(2)17(4)13(3)15-10-9-14-7-5-6-8-16(14)11-15/h5-13H,1-4H3. The van der Waals surface area contributed by atoms with Crippen LogP contribution in [0, 0.1) is 0 Å². The van der Waals surface area contributed by atoms with Crippen LogP contribution in [0.5, 0.6) is 0 Å². The van der Waals surface area contributed by atoms with Crippen LogP contribution in [0.2, 0.25) is 0 Å². The normalized spacial score (nSPS) is 13.5. The Morgan fingerprint density at radius 3 is 2.18 bits per heavy atom. The summed E-state index contributed by atoms with van der Waals surface area (Å²) in [6, 6.07) is 16.3. The van der Waals surface area contributed by atoms with E-state index in [0.29, 0.717) is 12.1 Å². The van der Waals surface area contributed by atoms with E-state index < -0.39 is 0 Å². The molecule has 0 saturated carbocycles. The SMILES string of the molecule is CC(C)N(C)C(C)c1ccc2ccccc2c1. The fraction of sp³-hybridized carbons (Fsp3) is 0.375. The van der Waals surface area contributed by atoms with Gasteiger partial charge >= 0.3 is 0 Å². The summed E-state index contributed by atoms with van der Waals surface area (Å²) in [6.45, 7) is 6.74. The number of hydrogen-bond acceptors (Lipinski definition) is 1. The van der Waals surface area contributed by atoms with Crippen molar-refractivity contribution < 1.29 is 0 Å². The van der Waals surface area contributed by atoms with E-state index in [1.54, 1.807) is 0 Å². The number of benzene rings is 2. The molecule has 0 spiro atoms. The van der Waals surface area contributed by atoms with Crippen LogP contribution in [-0.4, -0.2) is 18.0 Å². The van der Waals surface area contributed by atoms with Crippen LogP contribution in [-0.2, 0) is 0 Å². The van der Waals surface area contributed by atoms with E-state index >= 15 is 0 Å². The number of nitrogens with zero attached hydrogens (tertiary/aromatic N) is 1. The third kappa shape index (κ3) is 2.50. The van der Waals surface area contributed by atoms with Crippen molar-refractivity contribution in [2.24, 2.45) is 0 Å². The first kappa shape index (κ1) is 12.1. The zero-order chi connectivity index (χ0) is 12.4. The van der Waals surface area contributed by atoms with Gasteiger partial charge < -0.3 is 0 Å². The third-order valence-corrected chi connectivity index (χ3v) is 3.68. The van der Waals surface area contributed by atoms with Gasteiger partial charge in [0.1, 0.15) is 0 Å². The molecule has 2 rings (SSSR count). The van der Waals surface area contributed by atoms with Gasteiger partial charge in [0.25, 0.3) is 0 Å². The van der Waals surface area contributed by atoms with E-state index in [9.17, 15) is 0 Å². The molecule has 0 aliphatic carbocycles. The molecular weight excluding hydrogens is 206 g/mol. The van der Waals surface area contributed by atoms with Gasteiger partial charge in [0, 0.05) is 12.1 Å². The second kappa shape index (κ2) is 4.89. The van der Waals surface area contributed by atoms with Crippen molar-refractivity contribution in [3.05, 3.63) is 48.0 Å². The molecule has 0 N–H and O–H groups in total. The third-order valence-electron chi connectivity index (χ3n) is 3.68. The van der Waals surface area contributed by atoms with Crippen molar-refractivity contribution >= 4 is 10.8 Å². The first-order chi connectivity index (χ1) is 8.09. The fourth-order valence-corrected chi connectivity index (χ4v) is 2.15. The van der Waals surface area contributed by atoms with Crippen molar-refractivity contribution in [3.63, 3.8) is 0 Å². The Labute approximate surface area is 104 Å². The zero-order valence-corrected chi connectivity index (χ0v) is 11.1. The molecule has 0 aliphatic heterocycles. The molecule has 0 aliphatic rings. The maximum Gasteiger partial charge on any atom is 0.0319 e. The molecule has 0 saturated heterocycles. The molecule has 0 amide bonds. The first-order valence-electron chi connectivity index (χ1n) is 6.30. The number of fused-ring (bicyclic) bond motifs is 1. The van der Waals surface area contributed by atoms with Crippen LogP contribution in [0.4, 0.5) is 0 Å². The Hall–Kier alpha value is -1.34. The Morgan fingerprint density at radius 2 is 1.53 bits per heavy atom. The molecule has 1 atom stereocenters. The highest BCUT2D eigenvalue weighted by atomic mass is 15.1. The Bertz CT molecular complexity index is 502. The second-order valence-corrected chi connectivity index (χ2v) is 5.04. The summed E-state index contributed by atoms with van der Waals surface area (Å²) >= 11 is 0. The molecule has 0 aromatic heterocycles. The molecule has 1 unspecified atom stereocenters. The van der Waals surface area contributed by atoms with Gasteiger partial charge in [0.05, 0.1) is 0 Å². The minimum atomic E-state index is 0.458. The lowest BCUT2D eigenvalue weighted by molar-refractivity contribution is 0.210. The molecule has 1 nitrogen and oxygen atoms in total. The van der Waals surface area contributed by atoms with E-state index in [1.165, 1.54) is 16.3 Å². The maximum atomic E-state index is 2.39. The highest BCUT2D eigenvalue weighted by molar-refractivity contribution is 5.83. The summed E-state index contributed by atoms with van der Waals surface area (Å²) < 4.78 is 0. The monoisotopic (exact) mass is 227 g/mol. The quantitative estimate of drug-likeness (QED) is 0.758. The zero-order valence-electron chi connectivity index (χ0n) is 11.1. The largest absolute Gasteiger partial charge is 0.297 e. The minimum Gasteiger partial charge on any atom is -0.297 e. The van der Waals surface area contributed by atoms with Gasteiger partial charge in [-0.2, -0.15) is 0 Å². The lowest BCUT2D eigenvalue weighted by Crippen LogP contribution is -2.29. The summed E-state index contributed by atoms with van der Waals surface area (Å²) in [4.78, 5) is 2.39. The summed E-state index contributed by atoms with van der Waals surface area (Å²) in [7, 11) is 2.19. The summed E-state index contributed by atoms with van der Waals surface area (Å²) in [5, 5.41) is 2.64. The average molecular weight is 227 g/mol. The predicted octanol–water partition coefficient (Wildman–Crippen LogP) is 4.24. The van der Waals surface area contributed by atoms with E-state index in [4.69, 9.17) is 0 Å². The summed E-state index contributed by atoms with van der Waals surface area (Å²) in [5.74, 6) is 0. The smallest absolute Gasteiger partial charge is 0.0319 e. The van der Waals surface area contributed by atoms with Crippen LogP contribution in [0.25, 0.3) is 10.8 Å². The lowest BCUT2D eigenvalue weighted by atomic mass is 10.0. The van der Waals surface area contributed by atoms with Crippen LogP contribution in [0.15, 0.2) is 42.5 Å². The van der Waals surface area contributed by atoms with Crippen LogP contribution in [0.3, 0.4) is 0 Å². The van der Waals surface area contributed by atoms with Gasteiger partial charge in [0.2, 0.25) is 0 Å². The van der Waals surface area contributed by atoms with E-state index in [0.717, 1.165) is 0 Å². The lowest BCUT2D eigenvalue weighted by Gasteiger charge is -2.29. The molecule has 2 aromatic rings. The molecular formula is C16H21N. The minimum absolute atomic E-state index is 0.458. The highest BCUT2D eigenvalue weighted by Gasteiger charge is 2.14. The van der Waals surface area contributed by atoms with E-state index in [1.807, 2.05) is 0 Å². The Balaban J connectivity index is 2.36. The van der Waals surface area contributed by atoms with Crippen LogP contribution < -0.4 is 0 Å². The molecule has 0 bridgehead atoms. The molecule has 90 valence electrons. The van der Waals surface area contributed by atoms with Gasteiger partial charge in [-0.1, -0.05) is 36.4 Å². The van der Waals surface area contributed by atoms with Crippen molar-refractivity contribution in [2.45, 2.75) is 32.9 Å². The van der Waals surface area contributed by atoms with E-state index in [2.05, 4.69) is 75.2 Å². The van der Waals surface area contributed by atoms with Crippen LogP contribution in [0.1, 0.15) is 32.4 Å². The Kier molecular flexibility index (Phi) is 3.49. The van der Waals surface area contributed by atoms with Gasteiger partial charge in [-0.25, -0.2) is 0 Å². The molecule has 0 radical (unpaired) electrons. The first-order valence-corrected chi connectivity index (χ1v) is 6.30. The molecule has 0 fully saturated rings. The summed E-state index contributed by atoms with van der Waals surface area (Å²) in [5.41, 5.74) is 1.39. The average Bonchev–Trinajstić information content (AvgIpc) is 2.36. The molecule has 17 heavy (non-hydrogen) atoms. The second-order valence-electron chi connectivity index (χ2n) is 5.04.